The van der Waals surface area contributed by atoms with Crippen molar-refractivity contribution in [1.29, 1.82) is 0 Å². The number of ether oxygens (including phenoxy) is 1. The number of imidazole rings is 1. The van der Waals surface area contributed by atoms with Gasteiger partial charge in [-0.25, -0.2) is 4.98 Å². The van der Waals surface area contributed by atoms with Gasteiger partial charge in [-0.15, -0.1) is 0 Å². The first-order chi connectivity index (χ1) is 15.9. The first-order valence-electron chi connectivity index (χ1n) is 11.0. The average Bonchev–Trinajstić information content (AvgIpc) is 3.12. The molecule has 7 nitrogen and oxygen atoms in total. The van der Waals surface area contributed by atoms with E-state index in [1.165, 1.54) is 0 Å². The fourth-order valence-corrected chi connectivity index (χ4v) is 5.05. The quantitative estimate of drug-likeness (QED) is 0.430. The van der Waals surface area contributed by atoms with Gasteiger partial charge in [0.05, 0.1) is 45.4 Å². The van der Waals surface area contributed by atoms with E-state index in [9.17, 15) is 4.79 Å². The molecule has 0 radical (unpaired) electrons. The lowest BCUT2D eigenvalue weighted by Gasteiger charge is -2.26. The van der Waals surface area contributed by atoms with Crippen LogP contribution in [0.2, 0.25) is 10.0 Å². The lowest BCUT2D eigenvalue weighted by Crippen LogP contribution is -2.37. The summed E-state index contributed by atoms with van der Waals surface area (Å²) in [6.07, 6.45) is 0.850. The summed E-state index contributed by atoms with van der Waals surface area (Å²) in [7, 11) is 1.88. The van der Waals surface area contributed by atoms with Crippen molar-refractivity contribution in [1.82, 2.24) is 19.4 Å². The molecule has 9 heteroatoms. The van der Waals surface area contributed by atoms with E-state index in [1.807, 2.05) is 30.7 Å². The number of hydrogen-bond acceptors (Lipinski definition) is 5. The molecule has 4 aromatic rings. The van der Waals surface area contributed by atoms with Gasteiger partial charge in [-0.1, -0.05) is 35.3 Å². The van der Waals surface area contributed by atoms with Crippen molar-refractivity contribution >= 4 is 56.6 Å². The first kappa shape index (κ1) is 22.2. The summed E-state index contributed by atoms with van der Waals surface area (Å²) in [4.78, 5) is 23.3. The third-order valence-corrected chi connectivity index (χ3v) is 6.95. The molecule has 33 heavy (non-hydrogen) atoms. The zero-order valence-electron chi connectivity index (χ0n) is 18.5. The number of para-hydroxylation sites is 1. The fourth-order valence-electron chi connectivity index (χ4n) is 4.55. The van der Waals surface area contributed by atoms with Gasteiger partial charge in [0.25, 0.3) is 5.56 Å². The van der Waals surface area contributed by atoms with Crippen LogP contribution >= 0.6 is 23.2 Å². The topological polar surface area (TPSA) is 75.2 Å². The number of fused-ring (bicyclic) bond motifs is 3. The average molecular weight is 486 g/mol. The number of nitrogens with zero attached hydrogens (tertiary/aromatic N) is 3. The van der Waals surface area contributed by atoms with Crippen LogP contribution in [-0.4, -0.2) is 52.3 Å². The molecule has 0 spiro atoms. The Kier molecular flexibility index (Phi) is 6.05. The molecule has 0 bridgehead atoms. The number of aromatic amines is 1. The maximum absolute atomic E-state index is 13.1. The van der Waals surface area contributed by atoms with Gasteiger partial charge >= 0.3 is 0 Å². The molecule has 3 heterocycles. The van der Waals surface area contributed by atoms with Crippen LogP contribution < -0.4 is 10.9 Å². The van der Waals surface area contributed by atoms with Gasteiger partial charge in [0.2, 0.25) is 5.95 Å². The van der Waals surface area contributed by atoms with E-state index in [0.29, 0.717) is 27.1 Å². The van der Waals surface area contributed by atoms with Crippen LogP contribution in [0.4, 0.5) is 11.6 Å². The Labute approximate surface area is 201 Å². The molecule has 5 rings (SSSR count). The summed E-state index contributed by atoms with van der Waals surface area (Å²) in [5.74, 6) is 0.558. The van der Waals surface area contributed by atoms with Crippen LogP contribution in [0.3, 0.4) is 0 Å². The van der Waals surface area contributed by atoms with Crippen molar-refractivity contribution in [3.8, 4) is 0 Å². The second-order valence-electron chi connectivity index (χ2n) is 8.33. The number of aromatic nitrogens is 3. The van der Waals surface area contributed by atoms with Crippen LogP contribution in [0.5, 0.6) is 0 Å². The van der Waals surface area contributed by atoms with Gasteiger partial charge < -0.3 is 19.6 Å². The molecular formula is C24H25Cl2N5O2. The largest absolute Gasteiger partial charge is 0.379 e. The number of benzene rings is 2. The van der Waals surface area contributed by atoms with Crippen LogP contribution in [-0.2, 0) is 18.2 Å². The van der Waals surface area contributed by atoms with Gasteiger partial charge in [-0.05, 0) is 42.5 Å². The Balaban J connectivity index is 1.59. The highest BCUT2D eigenvalue weighted by Gasteiger charge is 2.19. The highest BCUT2D eigenvalue weighted by atomic mass is 35.5. The summed E-state index contributed by atoms with van der Waals surface area (Å²) >= 11 is 12.7. The van der Waals surface area contributed by atoms with Gasteiger partial charge in [0, 0.05) is 32.4 Å². The SMILES string of the molecule is Cc1[nH]c(=O)c2c(ccc3nc(Nc4c(Cl)cccc4Cl)n(C)c32)c1CCN1CCOCC1. The molecule has 1 fully saturated rings. The minimum absolute atomic E-state index is 0.117. The number of halogens is 2. The van der Waals surface area contributed by atoms with E-state index in [2.05, 4.69) is 15.2 Å². The Hall–Kier alpha value is -2.58. The number of aryl methyl sites for hydroxylation is 2. The number of morpholine rings is 1. The first-order valence-corrected chi connectivity index (χ1v) is 11.7. The summed E-state index contributed by atoms with van der Waals surface area (Å²) in [6, 6.07) is 9.30. The number of H-pyrrole nitrogens is 1. The summed E-state index contributed by atoms with van der Waals surface area (Å²) in [6.45, 7) is 6.30. The van der Waals surface area contributed by atoms with E-state index in [1.54, 1.807) is 18.2 Å². The molecule has 1 aliphatic rings. The van der Waals surface area contributed by atoms with E-state index < -0.39 is 0 Å². The van der Waals surface area contributed by atoms with E-state index in [0.717, 1.165) is 66.9 Å². The van der Waals surface area contributed by atoms with Gasteiger partial charge in [0.1, 0.15) is 0 Å². The molecule has 2 aromatic heterocycles. The number of pyridine rings is 1. The molecule has 172 valence electrons. The summed E-state index contributed by atoms with van der Waals surface area (Å²) in [5.41, 5.74) is 4.02. The molecule has 0 amide bonds. The van der Waals surface area contributed by atoms with Crippen LogP contribution in [0, 0.1) is 6.92 Å². The third-order valence-electron chi connectivity index (χ3n) is 6.32. The zero-order chi connectivity index (χ0) is 23.1. The highest BCUT2D eigenvalue weighted by Crippen LogP contribution is 2.34. The number of hydrogen-bond donors (Lipinski definition) is 2. The molecule has 0 saturated carbocycles. The van der Waals surface area contributed by atoms with Crippen LogP contribution in [0.25, 0.3) is 21.8 Å². The molecule has 1 saturated heterocycles. The predicted octanol–water partition coefficient (Wildman–Crippen LogP) is 4.65. The lowest BCUT2D eigenvalue weighted by atomic mass is 10.0. The van der Waals surface area contributed by atoms with Crippen molar-refractivity contribution in [2.24, 2.45) is 7.05 Å². The number of nitrogens with one attached hydrogen (secondary N) is 2. The van der Waals surface area contributed by atoms with Gasteiger partial charge in [-0.3, -0.25) is 9.69 Å². The van der Waals surface area contributed by atoms with Crippen LogP contribution in [0.15, 0.2) is 35.1 Å². The molecule has 0 aliphatic carbocycles. The maximum Gasteiger partial charge on any atom is 0.258 e. The van der Waals surface area contributed by atoms with Crippen molar-refractivity contribution in [3.63, 3.8) is 0 Å². The highest BCUT2D eigenvalue weighted by molar-refractivity contribution is 6.39. The Morgan fingerprint density at radius 1 is 1.15 bits per heavy atom. The number of anilines is 2. The summed E-state index contributed by atoms with van der Waals surface area (Å²) < 4.78 is 7.34. The Morgan fingerprint density at radius 3 is 2.61 bits per heavy atom. The standard InChI is InChI=1S/C24H25Cl2N5O2/c1-14-15(8-9-31-10-12-33-13-11-31)16-6-7-19-22(20(16)23(32)27-14)30(2)24(28-19)29-21-17(25)4-3-5-18(21)26/h3-7H,8-13H2,1-2H3,(H,27,32)(H,28,29). The number of rotatable bonds is 5. The molecule has 2 aromatic carbocycles. The minimum Gasteiger partial charge on any atom is -0.379 e. The molecule has 0 unspecified atom stereocenters. The van der Waals surface area contributed by atoms with Crippen LogP contribution in [0.1, 0.15) is 11.3 Å². The fraction of sp³-hybridized carbons (Fsp3) is 0.333. The van der Waals surface area contributed by atoms with Crippen molar-refractivity contribution in [3.05, 3.63) is 62.0 Å². The second-order valence-corrected chi connectivity index (χ2v) is 9.15. The minimum atomic E-state index is -0.117. The van der Waals surface area contributed by atoms with Crippen molar-refractivity contribution in [2.45, 2.75) is 13.3 Å². The van der Waals surface area contributed by atoms with Gasteiger partial charge in [-0.2, -0.15) is 0 Å². The van der Waals surface area contributed by atoms with E-state index >= 15 is 0 Å². The summed E-state index contributed by atoms with van der Waals surface area (Å²) in [5, 5.41) is 5.83. The monoisotopic (exact) mass is 485 g/mol. The molecule has 1 aliphatic heterocycles. The molecule has 2 N–H and O–H groups in total. The van der Waals surface area contributed by atoms with E-state index in [4.69, 9.17) is 32.9 Å². The van der Waals surface area contributed by atoms with Crippen molar-refractivity contribution < 1.29 is 4.74 Å². The predicted molar refractivity (Wildman–Crippen MR) is 134 cm³/mol. The maximum atomic E-state index is 13.1. The second kappa shape index (κ2) is 8.99. The van der Waals surface area contributed by atoms with Crippen molar-refractivity contribution in [2.75, 3.05) is 38.2 Å². The normalized spacial score (nSPS) is 14.9. The Morgan fingerprint density at radius 2 is 1.88 bits per heavy atom. The smallest absolute Gasteiger partial charge is 0.258 e. The zero-order valence-corrected chi connectivity index (χ0v) is 20.1. The lowest BCUT2D eigenvalue weighted by molar-refractivity contribution is 0.0384. The molecular weight excluding hydrogens is 461 g/mol. The van der Waals surface area contributed by atoms with Gasteiger partial charge in [0.15, 0.2) is 0 Å². The molecule has 0 atom stereocenters. The van der Waals surface area contributed by atoms with E-state index in [-0.39, 0.29) is 5.56 Å². The Bertz CT molecular complexity index is 1390. The third kappa shape index (κ3) is 4.10.